The lowest BCUT2D eigenvalue weighted by Gasteiger charge is -2.34. The van der Waals surface area contributed by atoms with E-state index in [9.17, 15) is 8.42 Å². The lowest BCUT2D eigenvalue weighted by molar-refractivity contribution is 0.250. The van der Waals surface area contributed by atoms with Gasteiger partial charge in [-0.15, -0.1) is 0 Å². The fourth-order valence-electron chi connectivity index (χ4n) is 3.08. The standard InChI is InChI=1S/C16H21N3O3S/c1-13-17-16(18-22-13)12-23(20,21)19-10-6-5-9-15(19)11-14-7-3-2-4-8-14/h2-4,7-8,15H,5-6,9-12H2,1H3. The van der Waals surface area contributed by atoms with Crippen molar-refractivity contribution in [2.75, 3.05) is 6.54 Å². The van der Waals surface area contributed by atoms with Crippen LogP contribution in [0.2, 0.25) is 0 Å². The molecule has 6 nitrogen and oxygen atoms in total. The first-order chi connectivity index (χ1) is 11.0. The third kappa shape index (κ3) is 3.97. The van der Waals surface area contributed by atoms with Gasteiger partial charge in [0.05, 0.1) is 0 Å². The molecule has 0 aliphatic carbocycles. The highest BCUT2D eigenvalue weighted by atomic mass is 32.2. The lowest BCUT2D eigenvalue weighted by atomic mass is 9.98. The molecule has 1 aromatic heterocycles. The zero-order chi connectivity index (χ0) is 16.3. The van der Waals surface area contributed by atoms with Crippen molar-refractivity contribution in [2.24, 2.45) is 0 Å². The molecule has 0 N–H and O–H groups in total. The van der Waals surface area contributed by atoms with Gasteiger partial charge in [0, 0.05) is 19.5 Å². The van der Waals surface area contributed by atoms with Crippen LogP contribution in [0.5, 0.6) is 0 Å². The Morgan fingerprint density at radius 3 is 2.74 bits per heavy atom. The topological polar surface area (TPSA) is 76.3 Å². The zero-order valence-corrected chi connectivity index (χ0v) is 14.0. The molecule has 3 rings (SSSR count). The molecule has 0 saturated carbocycles. The average molecular weight is 335 g/mol. The summed E-state index contributed by atoms with van der Waals surface area (Å²) in [5.41, 5.74) is 1.16. The molecular formula is C16H21N3O3S. The van der Waals surface area contributed by atoms with Crippen LogP contribution in [-0.4, -0.2) is 35.5 Å². The molecule has 7 heteroatoms. The Bertz CT molecular complexity index is 743. The number of hydrogen-bond acceptors (Lipinski definition) is 5. The highest BCUT2D eigenvalue weighted by molar-refractivity contribution is 7.88. The quantitative estimate of drug-likeness (QED) is 0.838. The summed E-state index contributed by atoms with van der Waals surface area (Å²) in [4.78, 5) is 4.02. The predicted octanol–water partition coefficient (Wildman–Crippen LogP) is 2.31. The molecule has 1 saturated heterocycles. The van der Waals surface area contributed by atoms with E-state index in [1.807, 2.05) is 30.3 Å². The number of hydrogen-bond donors (Lipinski definition) is 0. The van der Waals surface area contributed by atoms with Crippen LogP contribution >= 0.6 is 0 Å². The summed E-state index contributed by atoms with van der Waals surface area (Å²) in [7, 11) is -3.44. The van der Waals surface area contributed by atoms with Crippen LogP contribution in [0.25, 0.3) is 0 Å². The molecular weight excluding hydrogens is 314 g/mol. The second-order valence-electron chi connectivity index (χ2n) is 5.94. The van der Waals surface area contributed by atoms with Crippen molar-refractivity contribution in [1.29, 1.82) is 0 Å². The minimum atomic E-state index is -3.44. The summed E-state index contributed by atoms with van der Waals surface area (Å²) >= 11 is 0. The molecule has 0 amide bonds. The van der Waals surface area contributed by atoms with E-state index in [1.54, 1.807) is 11.2 Å². The molecule has 1 atom stereocenters. The van der Waals surface area contributed by atoms with Gasteiger partial charge in [0.15, 0.2) is 5.82 Å². The van der Waals surface area contributed by atoms with Gasteiger partial charge in [-0.25, -0.2) is 8.42 Å². The van der Waals surface area contributed by atoms with Crippen LogP contribution in [0.15, 0.2) is 34.9 Å². The fraction of sp³-hybridized carbons (Fsp3) is 0.500. The maximum atomic E-state index is 12.8. The SMILES string of the molecule is Cc1nc(CS(=O)(=O)N2CCCCC2Cc2ccccc2)no1. The average Bonchev–Trinajstić information content (AvgIpc) is 2.93. The van der Waals surface area contributed by atoms with Gasteiger partial charge in [-0.2, -0.15) is 9.29 Å². The van der Waals surface area contributed by atoms with E-state index in [4.69, 9.17) is 4.52 Å². The summed E-state index contributed by atoms with van der Waals surface area (Å²) in [5, 5.41) is 3.71. The molecule has 0 spiro atoms. The van der Waals surface area contributed by atoms with Gasteiger partial charge in [0.1, 0.15) is 5.75 Å². The number of rotatable bonds is 5. The third-order valence-corrected chi connectivity index (χ3v) is 5.94. The monoisotopic (exact) mass is 335 g/mol. The van der Waals surface area contributed by atoms with Crippen LogP contribution in [-0.2, 0) is 22.2 Å². The molecule has 23 heavy (non-hydrogen) atoms. The van der Waals surface area contributed by atoms with Gasteiger partial charge in [0.25, 0.3) is 0 Å². The highest BCUT2D eigenvalue weighted by Crippen LogP contribution is 2.25. The maximum absolute atomic E-state index is 12.8. The lowest BCUT2D eigenvalue weighted by Crippen LogP contribution is -2.45. The maximum Gasteiger partial charge on any atom is 0.223 e. The first-order valence-electron chi connectivity index (χ1n) is 7.87. The van der Waals surface area contributed by atoms with Crippen molar-refractivity contribution in [3.8, 4) is 0 Å². The number of aryl methyl sites for hydroxylation is 1. The van der Waals surface area contributed by atoms with Crippen molar-refractivity contribution in [1.82, 2.24) is 14.4 Å². The molecule has 124 valence electrons. The second kappa shape index (κ2) is 6.80. The zero-order valence-electron chi connectivity index (χ0n) is 13.2. The van der Waals surface area contributed by atoms with E-state index < -0.39 is 10.0 Å². The van der Waals surface area contributed by atoms with E-state index in [0.717, 1.165) is 31.2 Å². The van der Waals surface area contributed by atoms with Gasteiger partial charge in [-0.05, 0) is 24.8 Å². The van der Waals surface area contributed by atoms with Crippen LogP contribution in [0, 0.1) is 6.92 Å². The number of aromatic nitrogens is 2. The Balaban J connectivity index is 1.77. The minimum absolute atomic E-state index is 0.00384. The summed E-state index contributed by atoms with van der Waals surface area (Å²) in [6, 6.07) is 10.0. The third-order valence-electron chi connectivity index (χ3n) is 4.13. The first-order valence-corrected chi connectivity index (χ1v) is 9.48. The van der Waals surface area contributed by atoms with E-state index in [0.29, 0.717) is 12.4 Å². The smallest absolute Gasteiger partial charge is 0.223 e. The molecule has 0 radical (unpaired) electrons. The summed E-state index contributed by atoms with van der Waals surface area (Å²) < 4.78 is 32.0. The van der Waals surface area contributed by atoms with Crippen LogP contribution in [0.1, 0.15) is 36.5 Å². The van der Waals surface area contributed by atoms with E-state index in [1.165, 1.54) is 0 Å². The second-order valence-corrected chi connectivity index (χ2v) is 7.86. The normalized spacial score (nSPS) is 19.8. The van der Waals surface area contributed by atoms with E-state index >= 15 is 0 Å². The van der Waals surface area contributed by atoms with Gasteiger partial charge >= 0.3 is 0 Å². The first kappa shape index (κ1) is 16.1. The summed E-state index contributed by atoms with van der Waals surface area (Å²) in [6.07, 6.45) is 3.59. The molecule has 1 aromatic carbocycles. The molecule has 1 fully saturated rings. The van der Waals surface area contributed by atoms with Crippen molar-refractivity contribution in [3.05, 3.63) is 47.6 Å². The number of piperidine rings is 1. The Morgan fingerprint density at radius 1 is 1.26 bits per heavy atom. The van der Waals surface area contributed by atoms with Crippen LogP contribution in [0.3, 0.4) is 0 Å². The Hall–Kier alpha value is -1.73. The Morgan fingerprint density at radius 2 is 2.04 bits per heavy atom. The number of benzene rings is 1. The van der Waals surface area contributed by atoms with Gasteiger partial charge in [-0.1, -0.05) is 41.9 Å². The van der Waals surface area contributed by atoms with E-state index in [2.05, 4.69) is 10.1 Å². The minimum Gasteiger partial charge on any atom is -0.340 e. The Labute approximate surface area is 136 Å². The molecule has 1 aliphatic rings. The van der Waals surface area contributed by atoms with Crippen molar-refractivity contribution in [3.63, 3.8) is 0 Å². The predicted molar refractivity (Wildman–Crippen MR) is 86.1 cm³/mol. The van der Waals surface area contributed by atoms with Crippen LogP contribution < -0.4 is 0 Å². The van der Waals surface area contributed by atoms with Crippen molar-refractivity contribution >= 4 is 10.0 Å². The van der Waals surface area contributed by atoms with Crippen molar-refractivity contribution in [2.45, 2.75) is 44.4 Å². The number of sulfonamides is 1. The molecule has 2 aromatic rings. The molecule has 1 aliphatic heterocycles. The Kier molecular flexibility index (Phi) is 4.77. The highest BCUT2D eigenvalue weighted by Gasteiger charge is 2.33. The largest absolute Gasteiger partial charge is 0.340 e. The van der Waals surface area contributed by atoms with Crippen molar-refractivity contribution < 1.29 is 12.9 Å². The summed E-state index contributed by atoms with van der Waals surface area (Å²) in [5.74, 6) is 0.413. The summed E-state index contributed by atoms with van der Waals surface area (Å²) in [6.45, 7) is 2.22. The fourth-order valence-corrected chi connectivity index (χ4v) is 4.73. The van der Waals surface area contributed by atoms with Crippen LogP contribution in [0.4, 0.5) is 0 Å². The van der Waals surface area contributed by atoms with Gasteiger partial charge in [0.2, 0.25) is 15.9 Å². The molecule has 2 heterocycles. The molecule has 0 bridgehead atoms. The van der Waals surface area contributed by atoms with Gasteiger partial charge in [-0.3, -0.25) is 0 Å². The van der Waals surface area contributed by atoms with E-state index in [-0.39, 0.29) is 17.6 Å². The molecule has 1 unspecified atom stereocenters. The number of nitrogens with zero attached hydrogens (tertiary/aromatic N) is 3. The van der Waals surface area contributed by atoms with Gasteiger partial charge < -0.3 is 4.52 Å².